The average Bonchev–Trinajstić information content (AvgIpc) is 2.10. The number of aromatic hydroxyl groups is 1. The molecule has 0 bridgehead atoms. The number of phenols is 1. The van der Waals surface area contributed by atoms with Crippen molar-refractivity contribution in [1.29, 1.82) is 0 Å². The highest BCUT2D eigenvalue weighted by Gasteiger charge is 2.06. The van der Waals surface area contributed by atoms with Gasteiger partial charge in [-0.2, -0.15) is 0 Å². The number of aliphatic hydroxyl groups excluding tert-OH is 1. The Balaban J connectivity index is 3.06. The van der Waals surface area contributed by atoms with Crippen LogP contribution < -0.4 is 4.74 Å². The summed E-state index contributed by atoms with van der Waals surface area (Å²) in [6, 6.07) is 3.26. The van der Waals surface area contributed by atoms with Gasteiger partial charge in [0.25, 0.3) is 0 Å². The Morgan fingerprint density at radius 2 is 2.15 bits per heavy atom. The van der Waals surface area contributed by atoms with Gasteiger partial charge in [0.15, 0.2) is 11.5 Å². The van der Waals surface area contributed by atoms with Gasteiger partial charge in [0.1, 0.15) is 0 Å². The Morgan fingerprint density at radius 3 is 2.69 bits per heavy atom. The van der Waals surface area contributed by atoms with Crippen LogP contribution in [-0.4, -0.2) is 23.9 Å². The molecule has 0 spiro atoms. The summed E-state index contributed by atoms with van der Waals surface area (Å²) < 4.78 is 5.71. The van der Waals surface area contributed by atoms with Crippen LogP contribution in [0.25, 0.3) is 0 Å². The van der Waals surface area contributed by atoms with Crippen LogP contribution in [-0.2, 0) is 6.42 Å². The first kappa shape index (κ1) is 10.3. The zero-order valence-electron chi connectivity index (χ0n) is 7.25. The number of phenolic OH excluding ortho intramolecular Hbond substituents is 1. The molecular weight excluding hydrogens is 236 g/mol. The number of methoxy groups -OCH3 is 1. The van der Waals surface area contributed by atoms with E-state index in [-0.39, 0.29) is 12.4 Å². The molecule has 0 amide bonds. The number of rotatable bonds is 3. The third-order valence-corrected chi connectivity index (χ3v) is 2.47. The second-order valence-electron chi connectivity index (χ2n) is 2.59. The molecule has 1 aromatic rings. The van der Waals surface area contributed by atoms with Crippen LogP contribution in [0.3, 0.4) is 0 Å². The Labute approximate surface area is 85.1 Å². The van der Waals surface area contributed by atoms with Crippen molar-refractivity contribution in [3.63, 3.8) is 0 Å². The number of benzene rings is 1. The van der Waals surface area contributed by atoms with Crippen molar-refractivity contribution < 1.29 is 14.9 Å². The Bertz CT molecular complexity index is 299. The van der Waals surface area contributed by atoms with Gasteiger partial charge < -0.3 is 14.9 Å². The van der Waals surface area contributed by atoms with E-state index in [2.05, 4.69) is 15.9 Å². The lowest BCUT2D eigenvalue weighted by Crippen LogP contribution is -1.93. The summed E-state index contributed by atoms with van der Waals surface area (Å²) >= 11 is 3.28. The summed E-state index contributed by atoms with van der Waals surface area (Å²) in [4.78, 5) is 0. The summed E-state index contributed by atoms with van der Waals surface area (Å²) in [7, 11) is 1.49. The highest BCUT2D eigenvalue weighted by molar-refractivity contribution is 9.10. The predicted molar refractivity (Wildman–Crippen MR) is 53.1 cm³/mol. The number of hydrogen-bond donors (Lipinski definition) is 2. The highest BCUT2D eigenvalue weighted by Crippen LogP contribution is 2.32. The minimum absolute atomic E-state index is 0.0759. The highest BCUT2D eigenvalue weighted by atomic mass is 79.9. The zero-order valence-corrected chi connectivity index (χ0v) is 8.84. The SMILES string of the molecule is COc1cc(CCO)c(Br)cc1O. The van der Waals surface area contributed by atoms with Crippen molar-refractivity contribution in [1.82, 2.24) is 0 Å². The molecular formula is C9H11BrO3. The Hall–Kier alpha value is -0.740. The van der Waals surface area contributed by atoms with Crippen LogP contribution in [0.1, 0.15) is 5.56 Å². The molecule has 0 aliphatic rings. The lowest BCUT2D eigenvalue weighted by Gasteiger charge is -2.07. The van der Waals surface area contributed by atoms with Gasteiger partial charge in [-0.15, -0.1) is 0 Å². The molecule has 0 radical (unpaired) electrons. The number of aliphatic hydroxyl groups is 1. The second kappa shape index (κ2) is 4.48. The third-order valence-electron chi connectivity index (χ3n) is 1.73. The molecule has 0 saturated heterocycles. The number of hydrogen-bond acceptors (Lipinski definition) is 3. The van der Waals surface area contributed by atoms with Gasteiger partial charge in [0.05, 0.1) is 7.11 Å². The molecule has 13 heavy (non-hydrogen) atoms. The lowest BCUT2D eigenvalue weighted by atomic mass is 10.1. The van der Waals surface area contributed by atoms with Gasteiger partial charge in [-0.3, -0.25) is 0 Å². The first-order valence-corrected chi connectivity index (χ1v) is 4.64. The van der Waals surface area contributed by atoms with Gasteiger partial charge in [-0.25, -0.2) is 0 Å². The van der Waals surface area contributed by atoms with Gasteiger partial charge in [0.2, 0.25) is 0 Å². The van der Waals surface area contributed by atoms with E-state index in [4.69, 9.17) is 9.84 Å². The molecule has 0 unspecified atom stereocenters. The van der Waals surface area contributed by atoms with Crippen molar-refractivity contribution >= 4 is 15.9 Å². The Kier molecular flexibility index (Phi) is 3.57. The Morgan fingerprint density at radius 1 is 1.46 bits per heavy atom. The fourth-order valence-electron chi connectivity index (χ4n) is 1.06. The van der Waals surface area contributed by atoms with E-state index in [1.54, 1.807) is 12.1 Å². The normalized spacial score (nSPS) is 10.1. The van der Waals surface area contributed by atoms with Crippen LogP contribution in [0.15, 0.2) is 16.6 Å². The molecule has 72 valence electrons. The smallest absolute Gasteiger partial charge is 0.160 e. The van der Waals surface area contributed by atoms with Crippen molar-refractivity contribution in [2.24, 2.45) is 0 Å². The summed E-state index contributed by atoms with van der Waals surface area (Å²) in [5, 5.41) is 18.1. The summed E-state index contributed by atoms with van der Waals surface area (Å²) in [6.45, 7) is 0.0759. The summed E-state index contributed by atoms with van der Waals surface area (Å²) in [5.41, 5.74) is 0.914. The zero-order chi connectivity index (χ0) is 9.84. The molecule has 2 N–H and O–H groups in total. The van der Waals surface area contributed by atoms with Crippen molar-refractivity contribution in [3.05, 3.63) is 22.2 Å². The van der Waals surface area contributed by atoms with Gasteiger partial charge in [0, 0.05) is 11.1 Å². The van der Waals surface area contributed by atoms with E-state index in [0.717, 1.165) is 10.0 Å². The molecule has 0 heterocycles. The molecule has 0 saturated carbocycles. The van der Waals surface area contributed by atoms with Gasteiger partial charge in [-0.1, -0.05) is 15.9 Å². The predicted octanol–water partition coefficient (Wildman–Crippen LogP) is 1.70. The fraction of sp³-hybridized carbons (Fsp3) is 0.333. The van der Waals surface area contributed by atoms with E-state index in [9.17, 15) is 5.11 Å². The molecule has 0 atom stereocenters. The largest absolute Gasteiger partial charge is 0.504 e. The van der Waals surface area contributed by atoms with Crippen LogP contribution >= 0.6 is 15.9 Å². The van der Waals surface area contributed by atoms with Crippen LogP contribution in [0, 0.1) is 0 Å². The standard InChI is InChI=1S/C9H11BrO3/c1-13-9-4-6(2-3-11)7(10)5-8(9)12/h4-5,11-12H,2-3H2,1H3. The summed E-state index contributed by atoms with van der Waals surface area (Å²) in [5.74, 6) is 0.516. The third kappa shape index (κ3) is 2.35. The minimum Gasteiger partial charge on any atom is -0.504 e. The average molecular weight is 247 g/mol. The molecule has 0 aliphatic heterocycles. The van der Waals surface area contributed by atoms with Crippen LogP contribution in [0.4, 0.5) is 0 Å². The van der Waals surface area contributed by atoms with Crippen LogP contribution in [0.5, 0.6) is 11.5 Å². The van der Waals surface area contributed by atoms with Crippen molar-refractivity contribution in [2.75, 3.05) is 13.7 Å². The molecule has 1 rings (SSSR count). The minimum atomic E-state index is 0.0759. The maximum atomic E-state index is 9.37. The molecule has 3 nitrogen and oxygen atoms in total. The van der Waals surface area contributed by atoms with Gasteiger partial charge >= 0.3 is 0 Å². The first-order valence-electron chi connectivity index (χ1n) is 3.85. The van der Waals surface area contributed by atoms with E-state index in [1.807, 2.05) is 0 Å². The fourth-order valence-corrected chi connectivity index (χ4v) is 1.59. The molecule has 0 fully saturated rings. The van der Waals surface area contributed by atoms with Crippen molar-refractivity contribution in [3.8, 4) is 11.5 Å². The monoisotopic (exact) mass is 246 g/mol. The van der Waals surface area contributed by atoms with E-state index < -0.39 is 0 Å². The van der Waals surface area contributed by atoms with E-state index in [0.29, 0.717) is 12.2 Å². The topological polar surface area (TPSA) is 49.7 Å². The first-order chi connectivity index (χ1) is 6.19. The number of ether oxygens (including phenoxy) is 1. The van der Waals surface area contributed by atoms with Crippen LogP contribution in [0.2, 0.25) is 0 Å². The summed E-state index contributed by atoms with van der Waals surface area (Å²) in [6.07, 6.45) is 0.539. The number of halogens is 1. The van der Waals surface area contributed by atoms with Gasteiger partial charge in [-0.05, 0) is 24.1 Å². The van der Waals surface area contributed by atoms with E-state index >= 15 is 0 Å². The molecule has 0 aliphatic carbocycles. The molecule has 1 aromatic carbocycles. The maximum absolute atomic E-state index is 9.37. The lowest BCUT2D eigenvalue weighted by molar-refractivity contribution is 0.299. The molecule has 4 heteroatoms. The van der Waals surface area contributed by atoms with E-state index in [1.165, 1.54) is 7.11 Å². The molecule has 0 aromatic heterocycles. The van der Waals surface area contributed by atoms with Crippen molar-refractivity contribution in [2.45, 2.75) is 6.42 Å². The maximum Gasteiger partial charge on any atom is 0.160 e. The quantitative estimate of drug-likeness (QED) is 0.854. The second-order valence-corrected chi connectivity index (χ2v) is 3.44.